The van der Waals surface area contributed by atoms with Gasteiger partial charge in [0.05, 0.1) is 11.6 Å². The van der Waals surface area contributed by atoms with E-state index in [0.717, 1.165) is 5.56 Å². The van der Waals surface area contributed by atoms with Crippen molar-refractivity contribution in [3.8, 4) is 6.07 Å². The number of aromatic nitrogens is 2. The molecule has 0 spiro atoms. The second-order valence-corrected chi connectivity index (χ2v) is 6.25. The van der Waals surface area contributed by atoms with Crippen molar-refractivity contribution in [3.63, 3.8) is 0 Å². The Morgan fingerprint density at radius 3 is 2.92 bits per heavy atom. The molecule has 1 saturated heterocycles. The van der Waals surface area contributed by atoms with E-state index in [4.69, 9.17) is 5.26 Å². The predicted molar refractivity (Wildman–Crippen MR) is 90.3 cm³/mol. The number of pyridine rings is 1. The molecule has 0 bridgehead atoms. The fourth-order valence-electron chi connectivity index (χ4n) is 3.35. The van der Waals surface area contributed by atoms with E-state index in [-0.39, 0.29) is 23.8 Å². The molecule has 1 aliphatic heterocycles. The van der Waals surface area contributed by atoms with Crippen LogP contribution in [0.2, 0.25) is 0 Å². The number of hydrogen-bond donors (Lipinski definition) is 1. The largest absolute Gasteiger partial charge is 0.350 e. The van der Waals surface area contributed by atoms with Gasteiger partial charge in [-0.15, -0.1) is 0 Å². The molecule has 25 heavy (non-hydrogen) atoms. The van der Waals surface area contributed by atoms with Gasteiger partial charge in [0.2, 0.25) is 5.91 Å². The average molecular weight is 337 g/mol. The van der Waals surface area contributed by atoms with Crippen molar-refractivity contribution in [2.75, 3.05) is 13.6 Å². The smallest absolute Gasteiger partial charge is 0.267 e. The highest BCUT2D eigenvalue weighted by molar-refractivity contribution is 5.93. The first-order valence-corrected chi connectivity index (χ1v) is 8.01. The maximum atomic E-state index is 12.4. The van der Waals surface area contributed by atoms with E-state index >= 15 is 0 Å². The number of carbonyl (C=O) groups excluding carboxylic acids is 2. The summed E-state index contributed by atoms with van der Waals surface area (Å²) >= 11 is 0. The first kappa shape index (κ1) is 16.7. The molecular formula is C18H19N5O2. The van der Waals surface area contributed by atoms with Gasteiger partial charge in [-0.2, -0.15) is 5.26 Å². The number of carbonyl (C=O) groups is 2. The SMILES string of the molecule is CN1C(=O)C[C@@H](CNC(=O)c2cc(C#N)cn2C)[C@@H]1c1cccnc1. The van der Waals surface area contributed by atoms with Crippen molar-refractivity contribution in [2.45, 2.75) is 12.5 Å². The Balaban J connectivity index is 1.73. The Bertz CT molecular complexity index is 837. The molecule has 1 N–H and O–H groups in total. The van der Waals surface area contributed by atoms with Crippen LogP contribution in [0, 0.1) is 17.2 Å². The predicted octanol–water partition coefficient (Wildman–Crippen LogP) is 1.24. The number of nitriles is 1. The average Bonchev–Trinajstić information content (AvgIpc) is 3.13. The van der Waals surface area contributed by atoms with E-state index in [0.29, 0.717) is 24.2 Å². The van der Waals surface area contributed by atoms with Crippen LogP contribution in [-0.4, -0.2) is 39.9 Å². The van der Waals surface area contributed by atoms with E-state index in [9.17, 15) is 9.59 Å². The second-order valence-electron chi connectivity index (χ2n) is 6.25. The summed E-state index contributed by atoms with van der Waals surface area (Å²) in [5.74, 6) is -0.226. The van der Waals surface area contributed by atoms with Crippen LogP contribution in [-0.2, 0) is 11.8 Å². The molecule has 3 heterocycles. The summed E-state index contributed by atoms with van der Waals surface area (Å²) in [5, 5.41) is 11.8. The van der Waals surface area contributed by atoms with Crippen molar-refractivity contribution in [3.05, 3.63) is 53.6 Å². The minimum absolute atomic E-state index is 0.0265. The molecule has 0 saturated carbocycles. The third-order valence-electron chi connectivity index (χ3n) is 4.61. The summed E-state index contributed by atoms with van der Waals surface area (Å²) in [6, 6.07) is 7.25. The van der Waals surface area contributed by atoms with Gasteiger partial charge in [-0.1, -0.05) is 6.07 Å². The number of likely N-dealkylation sites (tertiary alicyclic amines) is 1. The monoisotopic (exact) mass is 337 g/mol. The second kappa shape index (κ2) is 6.77. The molecule has 7 nitrogen and oxygen atoms in total. The molecule has 3 rings (SSSR count). The van der Waals surface area contributed by atoms with E-state index in [1.807, 2.05) is 18.2 Å². The quantitative estimate of drug-likeness (QED) is 0.909. The first-order valence-electron chi connectivity index (χ1n) is 8.01. The lowest BCUT2D eigenvalue weighted by atomic mass is 9.94. The van der Waals surface area contributed by atoms with Gasteiger partial charge in [0.1, 0.15) is 11.8 Å². The minimum Gasteiger partial charge on any atom is -0.350 e. The molecule has 1 fully saturated rings. The van der Waals surface area contributed by atoms with Gasteiger partial charge >= 0.3 is 0 Å². The molecular weight excluding hydrogens is 318 g/mol. The topological polar surface area (TPSA) is 91.0 Å². The van der Waals surface area contributed by atoms with Crippen molar-refractivity contribution in [1.82, 2.24) is 19.8 Å². The Hall–Kier alpha value is -3.14. The number of hydrogen-bond acceptors (Lipinski definition) is 4. The molecule has 128 valence electrons. The third kappa shape index (κ3) is 3.24. The van der Waals surface area contributed by atoms with Crippen LogP contribution in [0.5, 0.6) is 0 Å². The molecule has 1 aliphatic rings. The summed E-state index contributed by atoms with van der Waals surface area (Å²) in [4.78, 5) is 30.4. The maximum Gasteiger partial charge on any atom is 0.267 e. The zero-order valence-corrected chi connectivity index (χ0v) is 14.1. The van der Waals surface area contributed by atoms with Crippen molar-refractivity contribution < 1.29 is 9.59 Å². The van der Waals surface area contributed by atoms with Gasteiger partial charge in [0, 0.05) is 51.6 Å². The van der Waals surface area contributed by atoms with Crippen molar-refractivity contribution in [2.24, 2.45) is 13.0 Å². The van der Waals surface area contributed by atoms with Crippen molar-refractivity contribution in [1.29, 1.82) is 5.26 Å². The van der Waals surface area contributed by atoms with Gasteiger partial charge in [-0.05, 0) is 17.7 Å². The molecule has 0 aliphatic carbocycles. The number of aryl methyl sites for hydroxylation is 1. The first-order chi connectivity index (χ1) is 12.0. The van der Waals surface area contributed by atoms with E-state index < -0.39 is 0 Å². The molecule has 2 amide bonds. The molecule has 0 unspecified atom stereocenters. The van der Waals surface area contributed by atoms with Crippen LogP contribution in [0.25, 0.3) is 0 Å². The van der Waals surface area contributed by atoms with E-state index in [1.54, 1.807) is 48.2 Å². The summed E-state index contributed by atoms with van der Waals surface area (Å²) in [6.45, 7) is 0.377. The highest BCUT2D eigenvalue weighted by Crippen LogP contribution is 2.36. The number of nitrogens with one attached hydrogen (secondary N) is 1. The highest BCUT2D eigenvalue weighted by Gasteiger charge is 2.38. The normalized spacial score (nSPS) is 19.7. The standard InChI is InChI=1S/C18H19N5O2/c1-22-11-12(8-19)6-15(22)18(25)21-10-14-7-16(24)23(2)17(14)13-4-3-5-20-9-13/h3-6,9,11,14,17H,7,10H2,1-2H3,(H,21,25)/t14-,17-/m0/s1. The zero-order valence-electron chi connectivity index (χ0n) is 14.1. The van der Waals surface area contributed by atoms with Crippen LogP contribution in [0.1, 0.15) is 34.1 Å². The Labute approximate surface area is 145 Å². The molecule has 2 aromatic rings. The fourth-order valence-corrected chi connectivity index (χ4v) is 3.35. The van der Waals surface area contributed by atoms with E-state index in [1.165, 1.54) is 0 Å². The zero-order chi connectivity index (χ0) is 18.0. The lowest BCUT2D eigenvalue weighted by Gasteiger charge is -2.25. The summed E-state index contributed by atoms with van der Waals surface area (Å²) < 4.78 is 1.62. The van der Waals surface area contributed by atoms with Gasteiger partial charge in [-0.3, -0.25) is 14.6 Å². The van der Waals surface area contributed by atoms with Crippen LogP contribution < -0.4 is 5.32 Å². The molecule has 0 radical (unpaired) electrons. The van der Waals surface area contributed by atoms with Gasteiger partial charge in [0.15, 0.2) is 0 Å². The Morgan fingerprint density at radius 2 is 2.28 bits per heavy atom. The summed E-state index contributed by atoms with van der Waals surface area (Å²) in [7, 11) is 3.50. The van der Waals surface area contributed by atoms with Gasteiger partial charge < -0.3 is 14.8 Å². The summed E-state index contributed by atoms with van der Waals surface area (Å²) in [5.41, 5.74) is 1.82. The van der Waals surface area contributed by atoms with Gasteiger partial charge in [0.25, 0.3) is 5.91 Å². The van der Waals surface area contributed by atoms with Gasteiger partial charge in [-0.25, -0.2) is 0 Å². The minimum atomic E-state index is -0.254. The summed E-state index contributed by atoms with van der Waals surface area (Å²) in [6.07, 6.45) is 5.44. The van der Waals surface area contributed by atoms with Crippen molar-refractivity contribution >= 4 is 11.8 Å². The lowest BCUT2D eigenvalue weighted by Crippen LogP contribution is -2.33. The van der Waals surface area contributed by atoms with Crippen LogP contribution in [0.15, 0.2) is 36.8 Å². The van der Waals surface area contributed by atoms with Crippen LogP contribution in [0.4, 0.5) is 0 Å². The molecule has 0 aromatic carbocycles. The number of rotatable bonds is 4. The van der Waals surface area contributed by atoms with E-state index in [2.05, 4.69) is 10.3 Å². The Morgan fingerprint density at radius 1 is 1.48 bits per heavy atom. The fraction of sp³-hybridized carbons (Fsp3) is 0.333. The van der Waals surface area contributed by atoms with Crippen LogP contribution in [0.3, 0.4) is 0 Å². The Kier molecular flexibility index (Phi) is 4.52. The number of amides is 2. The van der Waals surface area contributed by atoms with Crippen LogP contribution >= 0.6 is 0 Å². The molecule has 2 atom stereocenters. The molecule has 2 aromatic heterocycles. The molecule has 7 heteroatoms. The number of nitrogens with zero attached hydrogens (tertiary/aromatic N) is 4. The highest BCUT2D eigenvalue weighted by atomic mass is 16.2. The maximum absolute atomic E-state index is 12.4. The lowest BCUT2D eigenvalue weighted by molar-refractivity contribution is -0.127. The third-order valence-corrected chi connectivity index (χ3v) is 4.61.